The van der Waals surface area contributed by atoms with Gasteiger partial charge in [0.05, 0.1) is 11.9 Å². The van der Waals surface area contributed by atoms with E-state index in [0.717, 1.165) is 25.0 Å². The topological polar surface area (TPSA) is 63.1 Å². The van der Waals surface area contributed by atoms with Crippen molar-refractivity contribution < 1.29 is 9.90 Å². The van der Waals surface area contributed by atoms with Crippen LogP contribution in [0.25, 0.3) is 0 Å². The quantitative estimate of drug-likeness (QED) is 0.763. The molecule has 0 radical (unpaired) electrons. The first-order chi connectivity index (χ1) is 7.31. The molecule has 1 fully saturated rings. The molecule has 1 saturated carbocycles. The summed E-state index contributed by atoms with van der Waals surface area (Å²) in [5.74, 6) is 1.21. The summed E-state index contributed by atoms with van der Waals surface area (Å²) in [6, 6.07) is 0. The molecule has 0 aliphatic heterocycles. The molecule has 1 aliphatic rings. The number of hydrogen-bond donors (Lipinski definition) is 1. The summed E-state index contributed by atoms with van der Waals surface area (Å²) in [4.78, 5) is 18.8. The Kier molecular flexibility index (Phi) is 2.94. The average molecular weight is 206 g/mol. The molecule has 0 saturated heterocycles. The van der Waals surface area contributed by atoms with Crippen molar-refractivity contribution in [1.82, 2.24) is 9.97 Å². The summed E-state index contributed by atoms with van der Waals surface area (Å²) in [7, 11) is 0. The maximum Gasteiger partial charge on any atom is 0.155 e. The van der Waals surface area contributed by atoms with Crippen molar-refractivity contribution in [3.05, 3.63) is 17.7 Å². The van der Waals surface area contributed by atoms with Crippen molar-refractivity contribution >= 4 is 6.29 Å². The van der Waals surface area contributed by atoms with Gasteiger partial charge in [-0.3, -0.25) is 0 Å². The lowest BCUT2D eigenvalue weighted by Gasteiger charge is -2.08. The van der Waals surface area contributed by atoms with Crippen molar-refractivity contribution in [2.75, 3.05) is 0 Å². The normalized spacial score (nSPS) is 16.8. The Morgan fingerprint density at radius 2 is 2.20 bits per heavy atom. The van der Waals surface area contributed by atoms with Crippen molar-refractivity contribution in [2.24, 2.45) is 0 Å². The van der Waals surface area contributed by atoms with Crippen LogP contribution in [0.1, 0.15) is 43.1 Å². The van der Waals surface area contributed by atoms with Crippen molar-refractivity contribution in [2.45, 2.75) is 38.0 Å². The van der Waals surface area contributed by atoms with Crippen LogP contribution in [0.5, 0.6) is 5.75 Å². The molecule has 0 spiro atoms. The molecule has 0 unspecified atom stereocenters. The summed E-state index contributed by atoms with van der Waals surface area (Å²) < 4.78 is 0. The van der Waals surface area contributed by atoms with Crippen LogP contribution in [-0.4, -0.2) is 21.4 Å². The highest BCUT2D eigenvalue weighted by atomic mass is 16.3. The molecular weight excluding hydrogens is 192 g/mol. The molecule has 4 nitrogen and oxygen atoms in total. The molecule has 2 rings (SSSR count). The molecule has 1 aliphatic carbocycles. The predicted molar refractivity (Wildman–Crippen MR) is 54.7 cm³/mol. The summed E-state index contributed by atoms with van der Waals surface area (Å²) >= 11 is 0. The van der Waals surface area contributed by atoms with Crippen LogP contribution >= 0.6 is 0 Å². The molecule has 0 amide bonds. The number of carbonyl (C=O) groups excluding carboxylic acids is 1. The molecule has 1 N–H and O–H groups in total. The lowest BCUT2D eigenvalue weighted by molar-refractivity contribution is -0.107. The van der Waals surface area contributed by atoms with Gasteiger partial charge in [0.2, 0.25) is 0 Å². The van der Waals surface area contributed by atoms with E-state index in [2.05, 4.69) is 9.97 Å². The van der Waals surface area contributed by atoms with E-state index in [1.807, 2.05) is 0 Å². The third kappa shape index (κ3) is 2.14. The van der Waals surface area contributed by atoms with Gasteiger partial charge in [-0.15, -0.1) is 0 Å². The SMILES string of the molecule is O=CCc1nc(C2CCCC2)ncc1O. The first-order valence-corrected chi connectivity index (χ1v) is 5.29. The van der Waals surface area contributed by atoms with E-state index >= 15 is 0 Å². The van der Waals surface area contributed by atoms with Crippen LogP contribution in [0.4, 0.5) is 0 Å². The van der Waals surface area contributed by atoms with Gasteiger partial charge < -0.3 is 9.90 Å². The molecule has 4 heteroatoms. The van der Waals surface area contributed by atoms with E-state index in [9.17, 15) is 9.90 Å². The highest BCUT2D eigenvalue weighted by Crippen LogP contribution is 2.32. The van der Waals surface area contributed by atoms with Crippen LogP contribution in [0, 0.1) is 0 Å². The Labute approximate surface area is 88.4 Å². The van der Waals surface area contributed by atoms with Crippen molar-refractivity contribution in [1.29, 1.82) is 0 Å². The summed E-state index contributed by atoms with van der Waals surface area (Å²) in [6.07, 6.45) is 6.99. The zero-order chi connectivity index (χ0) is 10.7. The van der Waals surface area contributed by atoms with E-state index in [1.165, 1.54) is 19.0 Å². The zero-order valence-corrected chi connectivity index (χ0v) is 8.52. The van der Waals surface area contributed by atoms with Crippen LogP contribution in [-0.2, 0) is 11.2 Å². The highest BCUT2D eigenvalue weighted by molar-refractivity contribution is 5.55. The fourth-order valence-corrected chi connectivity index (χ4v) is 2.04. The molecule has 0 aromatic carbocycles. The molecule has 80 valence electrons. The standard InChI is InChI=1S/C11H14N2O2/c14-6-5-9-10(15)7-12-11(13-9)8-3-1-2-4-8/h6-8,15H,1-5H2. The third-order valence-electron chi connectivity index (χ3n) is 2.86. The number of carbonyl (C=O) groups is 1. The van der Waals surface area contributed by atoms with Gasteiger partial charge in [0.15, 0.2) is 5.75 Å². The molecule has 0 atom stereocenters. The fraction of sp³-hybridized carbons (Fsp3) is 0.545. The van der Waals surface area contributed by atoms with Gasteiger partial charge in [-0.25, -0.2) is 9.97 Å². The van der Waals surface area contributed by atoms with Crippen LogP contribution in [0.15, 0.2) is 6.20 Å². The Hall–Kier alpha value is -1.45. The maximum atomic E-state index is 10.4. The van der Waals surface area contributed by atoms with E-state index in [4.69, 9.17) is 0 Å². The Morgan fingerprint density at radius 3 is 2.87 bits per heavy atom. The van der Waals surface area contributed by atoms with Gasteiger partial charge in [-0.05, 0) is 12.8 Å². The lowest BCUT2D eigenvalue weighted by Crippen LogP contribution is -2.04. The van der Waals surface area contributed by atoms with Crippen LogP contribution in [0.2, 0.25) is 0 Å². The fourth-order valence-electron chi connectivity index (χ4n) is 2.04. The molecule has 1 aromatic rings. The second-order valence-electron chi connectivity index (χ2n) is 3.91. The van der Waals surface area contributed by atoms with E-state index < -0.39 is 0 Å². The van der Waals surface area contributed by atoms with Gasteiger partial charge in [-0.1, -0.05) is 12.8 Å². The Balaban J connectivity index is 2.24. The minimum Gasteiger partial charge on any atom is -0.504 e. The number of rotatable bonds is 3. The van der Waals surface area contributed by atoms with Gasteiger partial charge in [0.25, 0.3) is 0 Å². The summed E-state index contributed by atoms with van der Waals surface area (Å²) in [5.41, 5.74) is 0.446. The van der Waals surface area contributed by atoms with Crippen LogP contribution in [0.3, 0.4) is 0 Å². The molecule has 0 bridgehead atoms. The number of aromatic nitrogens is 2. The Bertz CT molecular complexity index is 360. The van der Waals surface area contributed by atoms with Gasteiger partial charge in [-0.2, -0.15) is 0 Å². The van der Waals surface area contributed by atoms with E-state index in [-0.39, 0.29) is 12.2 Å². The van der Waals surface area contributed by atoms with Gasteiger partial charge in [0.1, 0.15) is 12.1 Å². The minimum absolute atomic E-state index is 0.0175. The van der Waals surface area contributed by atoms with Gasteiger partial charge in [0, 0.05) is 12.3 Å². The minimum atomic E-state index is 0.0175. The lowest BCUT2D eigenvalue weighted by atomic mass is 10.1. The number of nitrogens with zero attached hydrogens (tertiary/aromatic N) is 2. The first-order valence-electron chi connectivity index (χ1n) is 5.29. The second kappa shape index (κ2) is 4.38. The molecule has 1 heterocycles. The van der Waals surface area contributed by atoms with Crippen LogP contribution < -0.4 is 0 Å². The Morgan fingerprint density at radius 1 is 1.47 bits per heavy atom. The average Bonchev–Trinajstić information content (AvgIpc) is 2.75. The van der Waals surface area contributed by atoms with Crippen molar-refractivity contribution in [3.8, 4) is 5.75 Å². The smallest absolute Gasteiger partial charge is 0.155 e. The number of aldehydes is 1. The first kappa shape index (κ1) is 10.1. The van der Waals surface area contributed by atoms with E-state index in [0.29, 0.717) is 11.6 Å². The highest BCUT2D eigenvalue weighted by Gasteiger charge is 2.20. The summed E-state index contributed by atoms with van der Waals surface area (Å²) in [5, 5.41) is 9.42. The molecule has 15 heavy (non-hydrogen) atoms. The molecular formula is C11H14N2O2. The van der Waals surface area contributed by atoms with E-state index in [1.54, 1.807) is 0 Å². The van der Waals surface area contributed by atoms with Crippen molar-refractivity contribution in [3.63, 3.8) is 0 Å². The van der Waals surface area contributed by atoms with Gasteiger partial charge >= 0.3 is 0 Å². The monoisotopic (exact) mass is 206 g/mol. The third-order valence-corrected chi connectivity index (χ3v) is 2.86. The zero-order valence-electron chi connectivity index (χ0n) is 8.52. The number of hydrogen-bond acceptors (Lipinski definition) is 4. The second-order valence-corrected chi connectivity index (χ2v) is 3.91. The molecule has 1 aromatic heterocycles. The predicted octanol–water partition coefficient (Wildman–Crippen LogP) is 1.58. The maximum absolute atomic E-state index is 10.4. The largest absolute Gasteiger partial charge is 0.504 e. The number of aromatic hydroxyl groups is 1. The summed E-state index contributed by atoms with van der Waals surface area (Å²) in [6.45, 7) is 0.